The molecule has 0 N–H and O–H groups in total. The summed E-state index contributed by atoms with van der Waals surface area (Å²) < 4.78 is 16.8. The van der Waals surface area contributed by atoms with Gasteiger partial charge in [0.2, 0.25) is 6.79 Å². The Bertz CT molecular complexity index is 851. The lowest BCUT2D eigenvalue weighted by molar-refractivity contribution is -0.0846. The van der Waals surface area contributed by atoms with Crippen molar-refractivity contribution in [1.29, 1.82) is 0 Å². The summed E-state index contributed by atoms with van der Waals surface area (Å²) in [5.41, 5.74) is 1.13. The highest BCUT2D eigenvalue weighted by Gasteiger charge is 2.39. The second kappa shape index (κ2) is 6.49. The highest BCUT2D eigenvalue weighted by molar-refractivity contribution is 6.30. The van der Waals surface area contributed by atoms with Gasteiger partial charge in [0, 0.05) is 10.6 Å². The fourth-order valence-electron chi connectivity index (χ4n) is 3.30. The smallest absolute Gasteiger partial charge is 0.254 e. The number of carbonyl (C=O) groups is 1. The van der Waals surface area contributed by atoms with E-state index in [1.165, 1.54) is 0 Å². The number of benzene rings is 2. The maximum absolute atomic E-state index is 13.2. The fraction of sp³-hybridized carbons (Fsp3) is 0.350. The molecule has 1 saturated heterocycles. The Labute approximate surface area is 157 Å². The van der Waals surface area contributed by atoms with Gasteiger partial charge in [-0.3, -0.25) is 4.79 Å². The molecule has 2 heterocycles. The molecule has 26 heavy (non-hydrogen) atoms. The number of hydrogen-bond donors (Lipinski definition) is 0. The van der Waals surface area contributed by atoms with Crippen LogP contribution in [-0.2, 0) is 4.74 Å². The summed E-state index contributed by atoms with van der Waals surface area (Å²) in [5.74, 6) is 1.22. The van der Waals surface area contributed by atoms with Gasteiger partial charge < -0.3 is 19.1 Å². The van der Waals surface area contributed by atoms with Gasteiger partial charge in [0.25, 0.3) is 5.91 Å². The third kappa shape index (κ3) is 3.13. The summed E-state index contributed by atoms with van der Waals surface area (Å²) in [6, 6.07) is 12.9. The van der Waals surface area contributed by atoms with Crippen molar-refractivity contribution in [3.05, 3.63) is 58.6 Å². The lowest BCUT2D eigenvalue weighted by Crippen LogP contribution is -2.56. The molecule has 0 saturated carbocycles. The summed E-state index contributed by atoms with van der Waals surface area (Å²) in [7, 11) is 0. The van der Waals surface area contributed by atoms with Crippen LogP contribution in [0.2, 0.25) is 5.02 Å². The van der Waals surface area contributed by atoms with Gasteiger partial charge in [-0.1, -0.05) is 23.7 Å². The summed E-state index contributed by atoms with van der Waals surface area (Å²) >= 11 is 6.11. The van der Waals surface area contributed by atoms with E-state index in [-0.39, 0.29) is 18.8 Å². The van der Waals surface area contributed by atoms with Gasteiger partial charge in [-0.2, -0.15) is 0 Å². The quantitative estimate of drug-likeness (QED) is 0.796. The number of ether oxygens (including phenoxy) is 3. The summed E-state index contributed by atoms with van der Waals surface area (Å²) in [5, 5.41) is 0.657. The van der Waals surface area contributed by atoms with E-state index in [1.54, 1.807) is 18.2 Å². The van der Waals surface area contributed by atoms with Crippen LogP contribution in [0.1, 0.15) is 35.9 Å². The second-order valence-corrected chi connectivity index (χ2v) is 7.59. The van der Waals surface area contributed by atoms with Crippen molar-refractivity contribution in [3.8, 4) is 11.5 Å². The monoisotopic (exact) mass is 373 g/mol. The molecule has 5 nitrogen and oxygen atoms in total. The molecule has 2 aliphatic rings. The maximum Gasteiger partial charge on any atom is 0.254 e. The Kier molecular flexibility index (Phi) is 4.29. The molecule has 4 rings (SSSR count). The summed E-state index contributed by atoms with van der Waals surface area (Å²) in [6.07, 6.45) is -0.209. The first-order chi connectivity index (χ1) is 12.4. The molecular formula is C20H20ClNO4. The first-order valence-corrected chi connectivity index (χ1v) is 8.90. The predicted molar refractivity (Wildman–Crippen MR) is 97.8 cm³/mol. The molecule has 1 amide bonds. The Morgan fingerprint density at radius 1 is 1.15 bits per heavy atom. The number of hydrogen-bond acceptors (Lipinski definition) is 4. The summed E-state index contributed by atoms with van der Waals surface area (Å²) in [6.45, 7) is 5.10. The molecule has 1 atom stereocenters. The first-order valence-electron chi connectivity index (χ1n) is 8.53. The molecule has 2 aliphatic heterocycles. The lowest BCUT2D eigenvalue weighted by atomic mass is 9.96. The van der Waals surface area contributed by atoms with Crippen molar-refractivity contribution < 1.29 is 19.0 Å². The predicted octanol–water partition coefficient (Wildman–Crippen LogP) is 4.06. The van der Waals surface area contributed by atoms with Crippen molar-refractivity contribution >= 4 is 17.5 Å². The topological polar surface area (TPSA) is 48.0 Å². The number of amides is 1. The van der Waals surface area contributed by atoms with Crippen LogP contribution in [0.25, 0.3) is 0 Å². The van der Waals surface area contributed by atoms with Crippen molar-refractivity contribution in [2.45, 2.75) is 25.5 Å². The molecular weight excluding hydrogens is 354 g/mol. The van der Waals surface area contributed by atoms with E-state index in [0.717, 1.165) is 5.56 Å². The fourth-order valence-corrected chi connectivity index (χ4v) is 3.50. The molecule has 136 valence electrons. The standard InChI is InChI=1S/C20H20ClNO4/c1-20(2)11-24-18(13-4-3-5-15(21)8-13)10-22(20)19(23)14-6-7-16-17(9-14)26-12-25-16/h3-9,18H,10-12H2,1-2H3. The molecule has 0 aromatic heterocycles. The SMILES string of the molecule is CC1(C)COC(c2cccc(Cl)c2)CN1C(=O)c1ccc2c(c1)OCO2. The summed E-state index contributed by atoms with van der Waals surface area (Å²) in [4.78, 5) is 15.1. The van der Waals surface area contributed by atoms with Crippen LogP contribution < -0.4 is 9.47 Å². The van der Waals surface area contributed by atoms with Crippen molar-refractivity contribution in [1.82, 2.24) is 4.90 Å². The zero-order valence-corrected chi connectivity index (χ0v) is 15.5. The van der Waals surface area contributed by atoms with Crippen LogP contribution >= 0.6 is 11.6 Å². The van der Waals surface area contributed by atoms with Crippen LogP contribution in [0.3, 0.4) is 0 Å². The number of halogens is 1. The molecule has 6 heteroatoms. The van der Waals surface area contributed by atoms with Crippen LogP contribution in [-0.4, -0.2) is 36.3 Å². The second-order valence-electron chi connectivity index (χ2n) is 7.15. The first kappa shape index (κ1) is 17.2. The number of morpholine rings is 1. The number of fused-ring (bicyclic) bond motifs is 1. The minimum absolute atomic E-state index is 0.0522. The third-order valence-electron chi connectivity index (χ3n) is 4.80. The maximum atomic E-state index is 13.2. The normalized spacial score (nSPS) is 20.9. The van der Waals surface area contributed by atoms with E-state index in [2.05, 4.69) is 0 Å². The molecule has 0 bridgehead atoms. The van der Waals surface area contributed by atoms with Gasteiger partial charge >= 0.3 is 0 Å². The minimum Gasteiger partial charge on any atom is -0.454 e. The van der Waals surface area contributed by atoms with E-state index < -0.39 is 5.54 Å². The van der Waals surface area contributed by atoms with Crippen LogP contribution in [0, 0.1) is 0 Å². The van der Waals surface area contributed by atoms with Crippen LogP contribution in [0.15, 0.2) is 42.5 Å². The highest BCUT2D eigenvalue weighted by Crippen LogP contribution is 2.35. The number of nitrogens with zero attached hydrogens (tertiary/aromatic N) is 1. The molecule has 0 radical (unpaired) electrons. The molecule has 1 unspecified atom stereocenters. The van der Waals surface area contributed by atoms with Crippen molar-refractivity contribution in [2.75, 3.05) is 19.9 Å². The zero-order chi connectivity index (χ0) is 18.3. The van der Waals surface area contributed by atoms with Gasteiger partial charge in [-0.25, -0.2) is 0 Å². The zero-order valence-electron chi connectivity index (χ0n) is 14.7. The van der Waals surface area contributed by atoms with Gasteiger partial charge in [0.05, 0.1) is 18.7 Å². The van der Waals surface area contributed by atoms with E-state index in [1.807, 2.05) is 43.0 Å². The van der Waals surface area contributed by atoms with Crippen molar-refractivity contribution in [2.24, 2.45) is 0 Å². The van der Waals surface area contributed by atoms with E-state index >= 15 is 0 Å². The Balaban J connectivity index is 1.61. The largest absolute Gasteiger partial charge is 0.454 e. The molecule has 2 aromatic carbocycles. The van der Waals surface area contributed by atoms with Crippen LogP contribution in [0.4, 0.5) is 0 Å². The number of rotatable bonds is 2. The molecule has 2 aromatic rings. The Morgan fingerprint density at radius 2 is 1.96 bits per heavy atom. The average molecular weight is 374 g/mol. The highest BCUT2D eigenvalue weighted by atomic mass is 35.5. The van der Waals surface area contributed by atoms with Crippen molar-refractivity contribution in [3.63, 3.8) is 0 Å². The van der Waals surface area contributed by atoms with Gasteiger partial charge in [0.1, 0.15) is 6.10 Å². The Morgan fingerprint density at radius 3 is 2.77 bits per heavy atom. The van der Waals surface area contributed by atoms with Gasteiger partial charge in [-0.05, 0) is 49.7 Å². The lowest BCUT2D eigenvalue weighted by Gasteiger charge is -2.45. The molecule has 0 spiro atoms. The third-order valence-corrected chi connectivity index (χ3v) is 5.04. The number of carbonyl (C=O) groups excluding carboxylic acids is 1. The average Bonchev–Trinajstić information content (AvgIpc) is 3.08. The Hall–Kier alpha value is -2.24. The van der Waals surface area contributed by atoms with Gasteiger partial charge in [0.15, 0.2) is 11.5 Å². The van der Waals surface area contributed by atoms with Gasteiger partial charge in [-0.15, -0.1) is 0 Å². The minimum atomic E-state index is -0.414. The van der Waals surface area contributed by atoms with Crippen LogP contribution in [0.5, 0.6) is 11.5 Å². The van der Waals surface area contributed by atoms with E-state index in [0.29, 0.717) is 35.2 Å². The van der Waals surface area contributed by atoms with E-state index in [9.17, 15) is 4.79 Å². The van der Waals surface area contributed by atoms with E-state index in [4.69, 9.17) is 25.8 Å². The molecule has 0 aliphatic carbocycles. The molecule has 1 fully saturated rings.